The third-order valence-electron chi connectivity index (χ3n) is 0.866. The van der Waals surface area contributed by atoms with Crippen molar-refractivity contribution >= 4 is 22.8 Å². The van der Waals surface area contributed by atoms with E-state index in [2.05, 4.69) is 0 Å². The van der Waals surface area contributed by atoms with E-state index in [9.17, 15) is 18.0 Å². The van der Waals surface area contributed by atoms with Crippen molar-refractivity contribution in [3.8, 4) is 0 Å². The van der Waals surface area contributed by atoms with Crippen LogP contribution < -0.4 is 0 Å². The Labute approximate surface area is 69.3 Å². The zero-order chi connectivity index (χ0) is 9.72. The maximum absolute atomic E-state index is 10.2. The second-order valence-electron chi connectivity index (χ2n) is 1.85. The molecule has 0 unspecified atom stereocenters. The van der Waals surface area contributed by atoms with Crippen molar-refractivity contribution < 1.29 is 28.2 Å². The van der Waals surface area contributed by atoms with Crippen LogP contribution in [0.3, 0.4) is 0 Å². The summed E-state index contributed by atoms with van der Waals surface area (Å²) < 4.78 is 20.7. The van der Waals surface area contributed by atoms with Crippen LogP contribution in [0.5, 0.6) is 0 Å². The quantitative estimate of drug-likeness (QED) is 0.439. The largest absolute Gasteiger partial charge is 0.480 e. The van der Waals surface area contributed by atoms with Gasteiger partial charge in [-0.25, -0.2) is 8.42 Å². The van der Waals surface area contributed by atoms with Gasteiger partial charge >= 0.3 is 11.9 Å². The molecule has 0 heterocycles. The molecule has 0 aromatic heterocycles. The van der Waals surface area contributed by atoms with Gasteiger partial charge in [0.25, 0.3) is 0 Å². The molecule has 0 fully saturated rings. The molecule has 0 radical (unpaired) electrons. The first-order valence-electron chi connectivity index (χ1n) is 2.76. The summed E-state index contributed by atoms with van der Waals surface area (Å²) in [4.78, 5) is 20.0. The Morgan fingerprint density at radius 3 is 1.58 bits per heavy atom. The molecule has 0 saturated heterocycles. The Morgan fingerprint density at radius 2 is 1.42 bits per heavy atom. The van der Waals surface area contributed by atoms with E-state index in [1.807, 2.05) is 0 Å². The maximum Gasteiger partial charge on any atom is 0.318 e. The normalized spacial score (nSPS) is 10.5. The standard InChI is InChI=1S/C4H7NO6S/c6-3(7)1-5(12(10)11)2-4(8)9/h12H,1-2H2,(H,6,7)(H,8,9). The van der Waals surface area contributed by atoms with Crippen molar-refractivity contribution in [3.63, 3.8) is 0 Å². The molecule has 0 bridgehead atoms. The van der Waals surface area contributed by atoms with E-state index in [1.54, 1.807) is 0 Å². The van der Waals surface area contributed by atoms with Gasteiger partial charge in [0.1, 0.15) is 13.1 Å². The second kappa shape index (κ2) is 4.67. The summed E-state index contributed by atoms with van der Waals surface area (Å²) in [6, 6.07) is 0. The molecule has 0 aromatic rings. The molecular formula is C4H7NO6S. The molecule has 0 saturated carbocycles. The molecule has 70 valence electrons. The predicted molar refractivity (Wildman–Crippen MR) is 37.2 cm³/mol. The molecule has 0 amide bonds. The van der Waals surface area contributed by atoms with Crippen molar-refractivity contribution in [1.82, 2.24) is 4.31 Å². The minimum Gasteiger partial charge on any atom is -0.480 e. The molecular weight excluding hydrogens is 190 g/mol. The van der Waals surface area contributed by atoms with Gasteiger partial charge in [0.2, 0.25) is 10.9 Å². The van der Waals surface area contributed by atoms with Crippen LogP contribution in [-0.2, 0) is 20.5 Å². The summed E-state index contributed by atoms with van der Waals surface area (Å²) in [5.41, 5.74) is 0. The van der Waals surface area contributed by atoms with E-state index in [-0.39, 0.29) is 0 Å². The monoisotopic (exact) mass is 197 g/mol. The van der Waals surface area contributed by atoms with Gasteiger partial charge in [-0.15, -0.1) is 0 Å². The Hall–Kier alpha value is -1.15. The highest BCUT2D eigenvalue weighted by molar-refractivity contribution is 7.69. The Balaban J connectivity index is 4.24. The van der Waals surface area contributed by atoms with Crippen LogP contribution in [0, 0.1) is 0 Å². The first-order chi connectivity index (χ1) is 5.43. The van der Waals surface area contributed by atoms with Gasteiger partial charge in [0.15, 0.2) is 0 Å². The highest BCUT2D eigenvalue weighted by Crippen LogP contribution is 1.87. The van der Waals surface area contributed by atoms with Crippen LogP contribution in [0.25, 0.3) is 0 Å². The Bertz CT molecular complexity index is 234. The average molecular weight is 197 g/mol. The summed E-state index contributed by atoms with van der Waals surface area (Å²) in [6.45, 7) is -1.66. The fraction of sp³-hybridized carbons (Fsp3) is 0.500. The number of hydrogen-bond acceptors (Lipinski definition) is 4. The summed E-state index contributed by atoms with van der Waals surface area (Å²) in [7, 11) is -3.16. The molecule has 0 rings (SSSR count). The summed E-state index contributed by atoms with van der Waals surface area (Å²) >= 11 is 0. The van der Waals surface area contributed by atoms with E-state index in [0.29, 0.717) is 4.31 Å². The SMILES string of the molecule is O=C(O)CN(CC(=O)O)[SH](=O)=O. The Kier molecular flexibility index (Phi) is 4.22. The first-order valence-corrected chi connectivity index (χ1v) is 3.89. The van der Waals surface area contributed by atoms with Gasteiger partial charge in [-0.3, -0.25) is 9.59 Å². The lowest BCUT2D eigenvalue weighted by Gasteiger charge is -2.07. The van der Waals surface area contributed by atoms with Crippen LogP contribution in [0.15, 0.2) is 0 Å². The average Bonchev–Trinajstić information content (AvgIpc) is 1.83. The third kappa shape index (κ3) is 4.63. The smallest absolute Gasteiger partial charge is 0.318 e. The highest BCUT2D eigenvalue weighted by Gasteiger charge is 2.14. The molecule has 12 heavy (non-hydrogen) atoms. The second-order valence-corrected chi connectivity index (χ2v) is 2.89. The summed E-state index contributed by atoms with van der Waals surface area (Å²) in [6.07, 6.45) is 0. The van der Waals surface area contributed by atoms with Gasteiger partial charge < -0.3 is 10.2 Å². The number of rotatable bonds is 5. The fourth-order valence-corrected chi connectivity index (χ4v) is 0.957. The summed E-state index contributed by atoms with van der Waals surface area (Å²) in [5.74, 6) is -2.79. The first kappa shape index (κ1) is 10.8. The van der Waals surface area contributed by atoms with E-state index in [4.69, 9.17) is 10.2 Å². The molecule has 0 atom stereocenters. The molecule has 0 aliphatic rings. The van der Waals surface area contributed by atoms with Crippen LogP contribution in [0.2, 0.25) is 0 Å². The molecule has 0 aromatic carbocycles. The van der Waals surface area contributed by atoms with E-state index >= 15 is 0 Å². The van der Waals surface area contributed by atoms with Crippen LogP contribution in [0.4, 0.5) is 0 Å². The van der Waals surface area contributed by atoms with E-state index < -0.39 is 35.9 Å². The van der Waals surface area contributed by atoms with E-state index in [0.717, 1.165) is 0 Å². The van der Waals surface area contributed by atoms with Gasteiger partial charge in [-0.05, 0) is 0 Å². The Morgan fingerprint density at radius 1 is 1.08 bits per heavy atom. The topological polar surface area (TPSA) is 112 Å². The number of hydrogen-bond donors (Lipinski definition) is 3. The minimum absolute atomic E-state index is 0.319. The number of nitrogens with zero attached hydrogens (tertiary/aromatic N) is 1. The number of aliphatic carboxylic acids is 2. The summed E-state index contributed by atoms with van der Waals surface area (Å²) in [5, 5.41) is 16.3. The van der Waals surface area contributed by atoms with Gasteiger partial charge in [0, 0.05) is 0 Å². The lowest BCUT2D eigenvalue weighted by atomic mass is 10.6. The van der Waals surface area contributed by atoms with Crippen molar-refractivity contribution in [3.05, 3.63) is 0 Å². The minimum atomic E-state index is -3.16. The molecule has 8 heteroatoms. The van der Waals surface area contributed by atoms with Crippen molar-refractivity contribution in [2.24, 2.45) is 0 Å². The van der Waals surface area contributed by atoms with Gasteiger partial charge in [0.05, 0.1) is 0 Å². The van der Waals surface area contributed by atoms with Crippen LogP contribution in [0.1, 0.15) is 0 Å². The maximum atomic E-state index is 10.2. The number of carbonyl (C=O) groups is 2. The highest BCUT2D eigenvalue weighted by atomic mass is 32.2. The van der Waals surface area contributed by atoms with Gasteiger partial charge in [-0.1, -0.05) is 0 Å². The van der Waals surface area contributed by atoms with Crippen molar-refractivity contribution in [2.75, 3.05) is 13.1 Å². The van der Waals surface area contributed by atoms with Crippen molar-refractivity contribution in [2.45, 2.75) is 0 Å². The number of thiol groups is 1. The lowest BCUT2D eigenvalue weighted by molar-refractivity contribution is -0.139. The number of carboxylic acids is 2. The van der Waals surface area contributed by atoms with E-state index in [1.165, 1.54) is 0 Å². The van der Waals surface area contributed by atoms with Gasteiger partial charge in [-0.2, -0.15) is 4.31 Å². The molecule has 2 N–H and O–H groups in total. The number of carboxylic acid groups (broad SMARTS) is 2. The molecule has 7 nitrogen and oxygen atoms in total. The van der Waals surface area contributed by atoms with Crippen molar-refractivity contribution in [1.29, 1.82) is 0 Å². The van der Waals surface area contributed by atoms with Crippen LogP contribution >= 0.6 is 0 Å². The zero-order valence-corrected chi connectivity index (χ0v) is 6.73. The zero-order valence-electron chi connectivity index (χ0n) is 5.84. The fourth-order valence-electron chi connectivity index (χ4n) is 0.484. The molecule has 0 aliphatic carbocycles. The third-order valence-corrected chi connectivity index (χ3v) is 1.61. The molecule has 0 aliphatic heterocycles. The van der Waals surface area contributed by atoms with Crippen LogP contribution in [-0.4, -0.2) is 48.0 Å². The predicted octanol–water partition coefficient (Wildman–Crippen LogP) is -2.02. The molecule has 0 spiro atoms. The lowest BCUT2D eigenvalue weighted by Crippen LogP contribution is -2.33.